The molecule has 1 aliphatic rings. The lowest BCUT2D eigenvalue weighted by Gasteiger charge is -2.13. The Bertz CT molecular complexity index is 628. The Morgan fingerprint density at radius 2 is 2.00 bits per heavy atom. The predicted octanol–water partition coefficient (Wildman–Crippen LogP) is 3.35. The molecule has 112 valence electrons. The maximum absolute atomic E-state index is 13.2. The lowest BCUT2D eigenvalue weighted by Crippen LogP contribution is -2.27. The van der Waals surface area contributed by atoms with Crippen molar-refractivity contribution in [2.45, 2.75) is 45.7 Å². The summed E-state index contributed by atoms with van der Waals surface area (Å²) in [5, 5.41) is 8.35. The van der Waals surface area contributed by atoms with E-state index in [9.17, 15) is 4.39 Å². The maximum Gasteiger partial charge on any atom is 0.123 e. The van der Waals surface area contributed by atoms with E-state index < -0.39 is 0 Å². The van der Waals surface area contributed by atoms with Crippen LogP contribution < -0.4 is 5.32 Å². The molecule has 0 saturated heterocycles. The van der Waals surface area contributed by atoms with Crippen LogP contribution in [0.15, 0.2) is 24.3 Å². The van der Waals surface area contributed by atoms with E-state index in [2.05, 4.69) is 30.8 Å². The first-order chi connectivity index (χ1) is 10.1. The van der Waals surface area contributed by atoms with Crippen molar-refractivity contribution in [1.82, 2.24) is 15.1 Å². The number of aromatic nitrogens is 2. The first kappa shape index (κ1) is 14.3. The average Bonchev–Trinajstić information content (AvgIpc) is 2.69. The molecule has 1 atom stereocenters. The van der Waals surface area contributed by atoms with Crippen LogP contribution >= 0.6 is 0 Å². The molecular formula is C17H22FN3. The molecule has 0 fully saturated rings. The SMILES string of the molecule is CC1Cc2nn(C(C)C)c(-c3ccc(F)cc3)c2CCN1. The van der Waals surface area contributed by atoms with Gasteiger partial charge in [-0.1, -0.05) is 0 Å². The fourth-order valence-corrected chi connectivity index (χ4v) is 3.04. The molecular weight excluding hydrogens is 265 g/mol. The highest BCUT2D eigenvalue weighted by atomic mass is 19.1. The van der Waals surface area contributed by atoms with Crippen LogP contribution in [0.4, 0.5) is 4.39 Å². The van der Waals surface area contributed by atoms with Gasteiger partial charge in [-0.3, -0.25) is 4.68 Å². The van der Waals surface area contributed by atoms with Gasteiger partial charge in [0.1, 0.15) is 5.82 Å². The Morgan fingerprint density at radius 3 is 2.67 bits per heavy atom. The second-order valence-corrected chi connectivity index (χ2v) is 6.13. The summed E-state index contributed by atoms with van der Waals surface area (Å²) >= 11 is 0. The Labute approximate surface area is 125 Å². The number of hydrogen-bond donors (Lipinski definition) is 1. The molecule has 1 aromatic carbocycles. The molecule has 0 saturated carbocycles. The van der Waals surface area contributed by atoms with E-state index in [1.54, 1.807) is 0 Å². The van der Waals surface area contributed by atoms with Gasteiger partial charge in [0.25, 0.3) is 0 Å². The van der Waals surface area contributed by atoms with Crippen LogP contribution in [0.25, 0.3) is 11.3 Å². The van der Waals surface area contributed by atoms with Crippen LogP contribution in [0.1, 0.15) is 38.1 Å². The molecule has 2 aromatic rings. The standard InChI is InChI=1S/C17H22FN3/c1-11(2)21-17(13-4-6-14(18)7-5-13)15-8-9-19-12(3)10-16(15)20-21/h4-7,11-12,19H,8-10H2,1-3H3. The molecule has 1 aromatic heterocycles. The van der Waals surface area contributed by atoms with Gasteiger partial charge in [0, 0.05) is 29.6 Å². The molecule has 1 aliphatic heterocycles. The van der Waals surface area contributed by atoms with Gasteiger partial charge in [0.05, 0.1) is 11.4 Å². The molecule has 2 heterocycles. The summed E-state index contributed by atoms with van der Waals surface area (Å²) < 4.78 is 15.3. The number of nitrogens with one attached hydrogen (secondary N) is 1. The minimum Gasteiger partial charge on any atom is -0.314 e. The van der Waals surface area contributed by atoms with Crippen LogP contribution in [0.5, 0.6) is 0 Å². The molecule has 0 radical (unpaired) electrons. The minimum atomic E-state index is -0.198. The Balaban J connectivity index is 2.15. The highest BCUT2D eigenvalue weighted by molar-refractivity contribution is 5.65. The average molecular weight is 287 g/mol. The van der Waals surface area contributed by atoms with Crippen molar-refractivity contribution in [2.24, 2.45) is 0 Å². The van der Waals surface area contributed by atoms with Gasteiger partial charge < -0.3 is 5.32 Å². The number of rotatable bonds is 2. The molecule has 4 heteroatoms. The predicted molar refractivity (Wildman–Crippen MR) is 82.9 cm³/mol. The van der Waals surface area contributed by atoms with Crippen molar-refractivity contribution in [3.63, 3.8) is 0 Å². The lowest BCUT2D eigenvalue weighted by molar-refractivity contribution is 0.514. The quantitative estimate of drug-likeness (QED) is 0.918. The van der Waals surface area contributed by atoms with E-state index in [1.807, 2.05) is 12.1 Å². The first-order valence-corrected chi connectivity index (χ1v) is 7.66. The summed E-state index contributed by atoms with van der Waals surface area (Å²) in [5.41, 5.74) is 4.69. The van der Waals surface area contributed by atoms with Gasteiger partial charge in [-0.15, -0.1) is 0 Å². The first-order valence-electron chi connectivity index (χ1n) is 7.66. The van der Waals surface area contributed by atoms with Crippen LogP contribution in [-0.4, -0.2) is 22.4 Å². The van der Waals surface area contributed by atoms with Gasteiger partial charge in [-0.05, 0) is 58.0 Å². The summed E-state index contributed by atoms with van der Waals surface area (Å²) in [5.74, 6) is -0.198. The van der Waals surface area contributed by atoms with Crippen LogP contribution in [-0.2, 0) is 12.8 Å². The zero-order valence-electron chi connectivity index (χ0n) is 12.9. The summed E-state index contributed by atoms with van der Waals surface area (Å²) in [6.07, 6.45) is 1.92. The fourth-order valence-electron chi connectivity index (χ4n) is 3.04. The summed E-state index contributed by atoms with van der Waals surface area (Å²) in [7, 11) is 0. The third-order valence-corrected chi connectivity index (χ3v) is 4.07. The van der Waals surface area contributed by atoms with E-state index in [4.69, 9.17) is 5.10 Å². The Morgan fingerprint density at radius 1 is 1.29 bits per heavy atom. The second-order valence-electron chi connectivity index (χ2n) is 6.13. The fraction of sp³-hybridized carbons (Fsp3) is 0.471. The number of nitrogens with zero attached hydrogens (tertiary/aromatic N) is 2. The minimum absolute atomic E-state index is 0.198. The van der Waals surface area contributed by atoms with Crippen molar-refractivity contribution in [1.29, 1.82) is 0 Å². The Kier molecular flexibility index (Phi) is 3.81. The van der Waals surface area contributed by atoms with Crippen LogP contribution in [0.3, 0.4) is 0 Å². The van der Waals surface area contributed by atoms with Gasteiger partial charge in [-0.25, -0.2) is 4.39 Å². The molecule has 21 heavy (non-hydrogen) atoms. The number of hydrogen-bond acceptors (Lipinski definition) is 2. The normalized spacial score (nSPS) is 18.6. The van der Waals surface area contributed by atoms with Crippen molar-refractivity contribution >= 4 is 0 Å². The van der Waals surface area contributed by atoms with Gasteiger partial charge >= 0.3 is 0 Å². The molecule has 1 N–H and O–H groups in total. The van der Waals surface area contributed by atoms with E-state index in [1.165, 1.54) is 23.4 Å². The highest BCUT2D eigenvalue weighted by Crippen LogP contribution is 2.31. The van der Waals surface area contributed by atoms with E-state index in [0.717, 1.165) is 30.6 Å². The molecule has 1 unspecified atom stereocenters. The third-order valence-electron chi connectivity index (χ3n) is 4.07. The molecule has 0 aliphatic carbocycles. The Hall–Kier alpha value is -1.68. The number of benzene rings is 1. The third kappa shape index (κ3) is 2.72. The summed E-state index contributed by atoms with van der Waals surface area (Å²) in [4.78, 5) is 0. The number of halogens is 1. The molecule has 0 spiro atoms. The molecule has 0 bridgehead atoms. The van der Waals surface area contributed by atoms with Crippen molar-refractivity contribution < 1.29 is 4.39 Å². The van der Waals surface area contributed by atoms with Crippen LogP contribution in [0, 0.1) is 5.82 Å². The lowest BCUT2D eigenvalue weighted by atomic mass is 10.0. The molecule has 0 amide bonds. The van der Waals surface area contributed by atoms with Gasteiger partial charge in [0.2, 0.25) is 0 Å². The van der Waals surface area contributed by atoms with E-state index in [0.29, 0.717) is 12.1 Å². The van der Waals surface area contributed by atoms with Gasteiger partial charge in [-0.2, -0.15) is 5.10 Å². The van der Waals surface area contributed by atoms with Crippen molar-refractivity contribution in [2.75, 3.05) is 6.54 Å². The monoisotopic (exact) mass is 287 g/mol. The van der Waals surface area contributed by atoms with Crippen LogP contribution in [0.2, 0.25) is 0 Å². The largest absolute Gasteiger partial charge is 0.314 e. The zero-order chi connectivity index (χ0) is 15.0. The number of fused-ring (bicyclic) bond motifs is 1. The molecule has 3 rings (SSSR count). The summed E-state index contributed by atoms with van der Waals surface area (Å²) in [6.45, 7) is 7.44. The smallest absolute Gasteiger partial charge is 0.123 e. The zero-order valence-corrected chi connectivity index (χ0v) is 12.9. The molecule has 3 nitrogen and oxygen atoms in total. The maximum atomic E-state index is 13.2. The van der Waals surface area contributed by atoms with Gasteiger partial charge in [0.15, 0.2) is 0 Å². The summed E-state index contributed by atoms with van der Waals surface area (Å²) in [6, 6.07) is 7.50. The highest BCUT2D eigenvalue weighted by Gasteiger charge is 2.23. The van der Waals surface area contributed by atoms with E-state index >= 15 is 0 Å². The second kappa shape index (κ2) is 5.60. The topological polar surface area (TPSA) is 29.9 Å². The van der Waals surface area contributed by atoms with E-state index in [-0.39, 0.29) is 5.82 Å². The van der Waals surface area contributed by atoms with Crippen molar-refractivity contribution in [3.05, 3.63) is 41.3 Å². The van der Waals surface area contributed by atoms with Crippen molar-refractivity contribution in [3.8, 4) is 11.3 Å².